The number of nitrogens with one attached hydrogen (secondary N) is 2. The molecule has 0 aromatic heterocycles. The van der Waals surface area contributed by atoms with E-state index in [2.05, 4.69) is 20.4 Å². The molecule has 1 rings (SSSR count). The van der Waals surface area contributed by atoms with Crippen molar-refractivity contribution in [3.8, 4) is 5.75 Å². The van der Waals surface area contributed by atoms with Gasteiger partial charge in [-0.2, -0.15) is 13.2 Å². The van der Waals surface area contributed by atoms with E-state index < -0.39 is 12.8 Å². The zero-order valence-electron chi connectivity index (χ0n) is 13.6. The highest BCUT2D eigenvalue weighted by Gasteiger charge is 2.28. The largest absolute Gasteiger partial charge is 0.484 e. The van der Waals surface area contributed by atoms with E-state index in [1.807, 2.05) is 20.8 Å². The number of rotatable bonds is 4. The summed E-state index contributed by atoms with van der Waals surface area (Å²) in [7, 11) is 1.68. The number of guanidine groups is 1. The van der Waals surface area contributed by atoms with Gasteiger partial charge in [0.05, 0.1) is 0 Å². The van der Waals surface area contributed by atoms with Crippen LogP contribution in [-0.4, -0.2) is 31.3 Å². The quantitative estimate of drug-likeness (QED) is 0.422. The molecule has 0 spiro atoms. The highest BCUT2D eigenvalue weighted by atomic mass is 127. The lowest BCUT2D eigenvalue weighted by Crippen LogP contribution is -2.47. The first-order valence-corrected chi connectivity index (χ1v) is 6.86. The zero-order valence-corrected chi connectivity index (χ0v) is 16.0. The lowest BCUT2D eigenvalue weighted by molar-refractivity contribution is -0.153. The molecule has 0 bridgehead atoms. The predicted octanol–water partition coefficient (Wildman–Crippen LogP) is 3.71. The van der Waals surface area contributed by atoms with Crippen LogP contribution in [0.2, 0.25) is 0 Å². The van der Waals surface area contributed by atoms with Crippen LogP contribution in [0.15, 0.2) is 29.3 Å². The fourth-order valence-electron chi connectivity index (χ4n) is 1.59. The van der Waals surface area contributed by atoms with E-state index in [4.69, 9.17) is 0 Å². The van der Waals surface area contributed by atoms with Crippen molar-refractivity contribution in [1.29, 1.82) is 0 Å². The number of aliphatic imine (C=N–C) groups is 1. The van der Waals surface area contributed by atoms with Crippen molar-refractivity contribution in [2.75, 3.05) is 13.7 Å². The summed E-state index contributed by atoms with van der Waals surface area (Å²) in [5, 5.41) is 6.35. The van der Waals surface area contributed by atoms with Gasteiger partial charge in [0.1, 0.15) is 5.75 Å². The molecule has 0 heterocycles. The van der Waals surface area contributed by atoms with Gasteiger partial charge in [0.25, 0.3) is 0 Å². The van der Waals surface area contributed by atoms with Crippen molar-refractivity contribution in [2.24, 2.45) is 4.99 Å². The Labute approximate surface area is 151 Å². The summed E-state index contributed by atoms with van der Waals surface area (Å²) in [6.07, 6.45) is -4.33. The minimum absolute atomic E-state index is 0. The molecule has 1 aromatic carbocycles. The van der Waals surface area contributed by atoms with Crippen molar-refractivity contribution in [1.82, 2.24) is 10.6 Å². The van der Waals surface area contributed by atoms with Crippen LogP contribution in [0, 0.1) is 0 Å². The van der Waals surface area contributed by atoms with Gasteiger partial charge in [-0.05, 0) is 38.5 Å². The van der Waals surface area contributed by atoms with Crippen LogP contribution in [0.1, 0.15) is 26.3 Å². The van der Waals surface area contributed by atoms with Gasteiger partial charge >= 0.3 is 6.18 Å². The van der Waals surface area contributed by atoms with Crippen LogP contribution in [0.25, 0.3) is 0 Å². The van der Waals surface area contributed by atoms with E-state index in [1.54, 1.807) is 19.2 Å². The number of halogens is 4. The van der Waals surface area contributed by atoms with Crippen LogP contribution >= 0.6 is 24.0 Å². The standard InChI is InChI=1S/C15H22F3N3O.HI/c1-14(2,3)21-13(19-4)20-9-11-5-7-12(8-6-11)22-10-15(16,17)18;/h5-8H,9-10H2,1-4H3,(H2,19,20,21);1H. The molecule has 0 amide bonds. The van der Waals surface area contributed by atoms with Crippen LogP contribution in [0.3, 0.4) is 0 Å². The SMILES string of the molecule is CN=C(NCc1ccc(OCC(F)(F)F)cc1)NC(C)(C)C.I. The van der Waals surface area contributed by atoms with Gasteiger partial charge in [-0.25, -0.2) is 0 Å². The van der Waals surface area contributed by atoms with E-state index in [-0.39, 0.29) is 35.3 Å². The van der Waals surface area contributed by atoms with Crippen molar-refractivity contribution in [3.05, 3.63) is 29.8 Å². The van der Waals surface area contributed by atoms with Gasteiger partial charge in [-0.3, -0.25) is 4.99 Å². The Balaban J connectivity index is 0.00000484. The third kappa shape index (κ3) is 10.2. The lowest BCUT2D eigenvalue weighted by atomic mass is 10.1. The van der Waals surface area contributed by atoms with Gasteiger partial charge in [0, 0.05) is 19.1 Å². The Morgan fingerprint density at radius 1 is 1.13 bits per heavy atom. The molecule has 1 aromatic rings. The number of alkyl halides is 3. The molecule has 8 heteroatoms. The van der Waals surface area contributed by atoms with Crippen LogP contribution in [-0.2, 0) is 6.54 Å². The molecule has 0 unspecified atom stereocenters. The smallest absolute Gasteiger partial charge is 0.422 e. The van der Waals surface area contributed by atoms with Crippen molar-refractivity contribution in [3.63, 3.8) is 0 Å². The number of ether oxygens (including phenoxy) is 1. The molecule has 23 heavy (non-hydrogen) atoms. The molecule has 0 fully saturated rings. The van der Waals surface area contributed by atoms with Gasteiger partial charge in [-0.15, -0.1) is 24.0 Å². The number of hydrogen-bond donors (Lipinski definition) is 2. The maximum Gasteiger partial charge on any atom is 0.422 e. The van der Waals surface area contributed by atoms with Gasteiger partial charge < -0.3 is 15.4 Å². The summed E-state index contributed by atoms with van der Waals surface area (Å²) in [6, 6.07) is 6.46. The Hall–Kier alpha value is -1.19. The second kappa shape index (κ2) is 9.19. The van der Waals surface area contributed by atoms with Gasteiger partial charge in [0.15, 0.2) is 12.6 Å². The van der Waals surface area contributed by atoms with E-state index in [0.717, 1.165) is 5.56 Å². The Morgan fingerprint density at radius 2 is 1.70 bits per heavy atom. The third-order valence-corrected chi connectivity index (χ3v) is 2.50. The fourth-order valence-corrected chi connectivity index (χ4v) is 1.59. The second-order valence-electron chi connectivity index (χ2n) is 5.85. The van der Waals surface area contributed by atoms with Crippen LogP contribution in [0.5, 0.6) is 5.75 Å². The molecular formula is C15H23F3IN3O. The van der Waals surface area contributed by atoms with Crippen LogP contribution < -0.4 is 15.4 Å². The molecule has 132 valence electrons. The lowest BCUT2D eigenvalue weighted by Gasteiger charge is -2.23. The van der Waals surface area contributed by atoms with Crippen molar-refractivity contribution in [2.45, 2.75) is 39.0 Å². The van der Waals surface area contributed by atoms with E-state index in [0.29, 0.717) is 12.5 Å². The molecule has 2 N–H and O–H groups in total. The molecule has 0 radical (unpaired) electrons. The molecule has 0 saturated heterocycles. The molecule has 0 saturated carbocycles. The summed E-state index contributed by atoms with van der Waals surface area (Å²) >= 11 is 0. The summed E-state index contributed by atoms with van der Waals surface area (Å²) in [6.45, 7) is 5.29. The second-order valence-corrected chi connectivity index (χ2v) is 5.85. The van der Waals surface area contributed by atoms with E-state index in [9.17, 15) is 13.2 Å². The molecular weight excluding hydrogens is 422 g/mol. The molecule has 0 aliphatic carbocycles. The Kier molecular flexibility index (Phi) is 8.71. The average molecular weight is 445 g/mol. The number of nitrogens with zero attached hydrogens (tertiary/aromatic N) is 1. The summed E-state index contributed by atoms with van der Waals surface area (Å²) in [4.78, 5) is 4.11. The fraction of sp³-hybridized carbons (Fsp3) is 0.533. The first-order chi connectivity index (χ1) is 10.1. The summed E-state index contributed by atoms with van der Waals surface area (Å²) in [5.74, 6) is 0.850. The van der Waals surface area contributed by atoms with Gasteiger partial charge in [-0.1, -0.05) is 12.1 Å². The summed E-state index contributed by atoms with van der Waals surface area (Å²) in [5.41, 5.74) is 0.799. The first-order valence-electron chi connectivity index (χ1n) is 6.86. The minimum atomic E-state index is -4.33. The topological polar surface area (TPSA) is 45.7 Å². The highest BCUT2D eigenvalue weighted by molar-refractivity contribution is 14.0. The number of hydrogen-bond acceptors (Lipinski definition) is 2. The molecule has 0 atom stereocenters. The first kappa shape index (κ1) is 21.8. The highest BCUT2D eigenvalue weighted by Crippen LogP contribution is 2.18. The minimum Gasteiger partial charge on any atom is -0.484 e. The van der Waals surface area contributed by atoms with E-state index in [1.165, 1.54) is 12.1 Å². The van der Waals surface area contributed by atoms with Crippen molar-refractivity contribution < 1.29 is 17.9 Å². The molecule has 0 aliphatic heterocycles. The Morgan fingerprint density at radius 3 is 2.13 bits per heavy atom. The monoisotopic (exact) mass is 445 g/mol. The zero-order chi connectivity index (χ0) is 16.8. The van der Waals surface area contributed by atoms with Crippen molar-refractivity contribution >= 4 is 29.9 Å². The average Bonchev–Trinajstić information content (AvgIpc) is 2.40. The summed E-state index contributed by atoms with van der Waals surface area (Å²) < 4.78 is 40.8. The van der Waals surface area contributed by atoms with Crippen LogP contribution in [0.4, 0.5) is 13.2 Å². The predicted molar refractivity (Wildman–Crippen MR) is 96.5 cm³/mol. The normalized spacial score (nSPS) is 12.4. The maximum atomic E-state index is 12.0. The molecule has 4 nitrogen and oxygen atoms in total. The third-order valence-electron chi connectivity index (χ3n) is 2.50. The molecule has 0 aliphatic rings. The number of benzene rings is 1. The van der Waals surface area contributed by atoms with Gasteiger partial charge in [0.2, 0.25) is 0 Å². The van der Waals surface area contributed by atoms with E-state index >= 15 is 0 Å². The Bertz CT molecular complexity index is 496. The maximum absolute atomic E-state index is 12.0.